The van der Waals surface area contributed by atoms with Gasteiger partial charge in [0.2, 0.25) is 11.8 Å². The van der Waals surface area contributed by atoms with Gasteiger partial charge in [-0.15, -0.1) is 12.4 Å². The number of hydrogen-bond acceptors (Lipinski definition) is 3. The average molecular weight is 370 g/mol. The molecule has 0 bridgehead atoms. The minimum atomic E-state index is -0.297. The molecule has 0 unspecified atom stereocenters. The van der Waals surface area contributed by atoms with Crippen LogP contribution in [0, 0.1) is 11.7 Å². The fourth-order valence-electron chi connectivity index (χ4n) is 3.53. The Hall–Kier alpha value is -1.66. The van der Waals surface area contributed by atoms with Crippen LogP contribution in [-0.2, 0) is 16.1 Å². The Morgan fingerprint density at radius 2 is 2.16 bits per heavy atom. The van der Waals surface area contributed by atoms with Crippen molar-refractivity contribution in [3.05, 3.63) is 35.6 Å². The van der Waals surface area contributed by atoms with Crippen LogP contribution in [0.15, 0.2) is 24.3 Å². The van der Waals surface area contributed by atoms with Gasteiger partial charge >= 0.3 is 0 Å². The molecule has 0 aliphatic carbocycles. The molecule has 25 heavy (non-hydrogen) atoms. The number of nitrogens with one attached hydrogen (secondary N) is 1. The van der Waals surface area contributed by atoms with E-state index in [4.69, 9.17) is 0 Å². The van der Waals surface area contributed by atoms with Gasteiger partial charge in [0.1, 0.15) is 5.82 Å². The van der Waals surface area contributed by atoms with Gasteiger partial charge in [0, 0.05) is 31.6 Å². The second kappa shape index (κ2) is 8.63. The third-order valence-electron chi connectivity index (χ3n) is 4.87. The lowest BCUT2D eigenvalue weighted by Crippen LogP contribution is -2.54. The zero-order chi connectivity index (χ0) is 17.1. The van der Waals surface area contributed by atoms with E-state index in [0.717, 1.165) is 24.9 Å². The topological polar surface area (TPSA) is 52.7 Å². The highest BCUT2D eigenvalue weighted by Crippen LogP contribution is 2.20. The van der Waals surface area contributed by atoms with Crippen LogP contribution in [-0.4, -0.2) is 53.8 Å². The van der Waals surface area contributed by atoms with Crippen LogP contribution < -0.4 is 5.32 Å². The van der Waals surface area contributed by atoms with E-state index < -0.39 is 0 Å². The van der Waals surface area contributed by atoms with Crippen molar-refractivity contribution in [1.82, 2.24) is 15.1 Å². The molecule has 7 heteroatoms. The van der Waals surface area contributed by atoms with Crippen molar-refractivity contribution in [2.24, 2.45) is 5.92 Å². The average Bonchev–Trinajstić information content (AvgIpc) is 2.56. The lowest BCUT2D eigenvalue weighted by atomic mass is 9.92. The second-order valence-corrected chi connectivity index (χ2v) is 6.78. The van der Waals surface area contributed by atoms with Gasteiger partial charge in [0.15, 0.2) is 0 Å². The fraction of sp³-hybridized carbons (Fsp3) is 0.556. The van der Waals surface area contributed by atoms with Crippen molar-refractivity contribution in [1.29, 1.82) is 0 Å². The highest BCUT2D eigenvalue weighted by atomic mass is 35.5. The molecule has 2 amide bonds. The van der Waals surface area contributed by atoms with Crippen molar-refractivity contribution in [2.45, 2.75) is 32.4 Å². The first-order valence-corrected chi connectivity index (χ1v) is 8.57. The van der Waals surface area contributed by atoms with Gasteiger partial charge in [-0.1, -0.05) is 12.1 Å². The molecule has 2 aliphatic heterocycles. The van der Waals surface area contributed by atoms with E-state index in [9.17, 15) is 14.0 Å². The van der Waals surface area contributed by atoms with E-state index in [1.54, 1.807) is 15.9 Å². The molecule has 2 atom stereocenters. The van der Waals surface area contributed by atoms with E-state index >= 15 is 0 Å². The van der Waals surface area contributed by atoms with Crippen molar-refractivity contribution >= 4 is 24.2 Å². The number of piperazine rings is 1. The second-order valence-electron chi connectivity index (χ2n) is 6.78. The van der Waals surface area contributed by atoms with Gasteiger partial charge in [-0.3, -0.25) is 9.59 Å². The predicted octanol–water partition coefficient (Wildman–Crippen LogP) is 1.81. The Morgan fingerprint density at radius 3 is 2.84 bits per heavy atom. The van der Waals surface area contributed by atoms with Crippen LogP contribution in [0.25, 0.3) is 0 Å². The van der Waals surface area contributed by atoms with E-state index in [-0.39, 0.29) is 42.5 Å². The zero-order valence-corrected chi connectivity index (χ0v) is 15.2. The number of amides is 2. The number of nitrogens with zero attached hydrogens (tertiary/aromatic N) is 2. The van der Waals surface area contributed by atoms with Crippen LogP contribution in [0.4, 0.5) is 4.39 Å². The lowest BCUT2D eigenvalue weighted by Gasteiger charge is -2.37. The van der Waals surface area contributed by atoms with Gasteiger partial charge in [-0.2, -0.15) is 0 Å². The third-order valence-corrected chi connectivity index (χ3v) is 4.87. The minimum absolute atomic E-state index is 0. The number of halogens is 2. The van der Waals surface area contributed by atoms with Gasteiger partial charge in [0.05, 0.1) is 6.54 Å². The largest absolute Gasteiger partial charge is 0.335 e. The molecule has 3 rings (SSSR count). The SMILES string of the molecule is C[C@H]1C[C@@H](C(=O)N2CCN(Cc3cccc(F)c3)C(=O)C2)CCN1.Cl. The Bertz CT molecular complexity index is 628. The Morgan fingerprint density at radius 1 is 1.36 bits per heavy atom. The van der Waals surface area contributed by atoms with Crippen LogP contribution >= 0.6 is 12.4 Å². The standard InChI is InChI=1S/C18H24FN3O2.ClH/c1-13-9-15(5-6-20-13)18(24)22-8-7-21(17(23)12-22)11-14-3-2-4-16(19)10-14;/h2-4,10,13,15,20H,5-9,11-12H2,1H3;1H/t13-,15-;/m0./s1. The normalized spacial score (nSPS) is 24.0. The molecule has 0 radical (unpaired) electrons. The van der Waals surface area contributed by atoms with Crippen molar-refractivity contribution in [3.8, 4) is 0 Å². The van der Waals surface area contributed by atoms with Crippen molar-refractivity contribution in [3.63, 3.8) is 0 Å². The monoisotopic (exact) mass is 369 g/mol. The minimum Gasteiger partial charge on any atom is -0.335 e. The van der Waals surface area contributed by atoms with Crippen molar-refractivity contribution < 1.29 is 14.0 Å². The Balaban J connectivity index is 0.00000225. The summed E-state index contributed by atoms with van der Waals surface area (Å²) in [5.74, 6) is -0.249. The first-order chi connectivity index (χ1) is 11.5. The smallest absolute Gasteiger partial charge is 0.242 e. The van der Waals surface area contributed by atoms with Gasteiger partial charge in [-0.25, -0.2) is 4.39 Å². The Kier molecular flexibility index (Phi) is 6.79. The molecule has 2 saturated heterocycles. The molecule has 0 aromatic heterocycles. The summed E-state index contributed by atoms with van der Waals surface area (Å²) in [4.78, 5) is 28.4. The molecule has 2 aliphatic rings. The van der Waals surface area contributed by atoms with Crippen LogP contribution in [0.1, 0.15) is 25.3 Å². The van der Waals surface area contributed by atoms with Crippen LogP contribution in [0.5, 0.6) is 0 Å². The van der Waals surface area contributed by atoms with Crippen molar-refractivity contribution in [2.75, 3.05) is 26.2 Å². The number of carbonyl (C=O) groups is 2. The maximum absolute atomic E-state index is 13.3. The number of rotatable bonds is 3. The van der Waals surface area contributed by atoms with E-state index in [1.165, 1.54) is 12.1 Å². The third kappa shape index (κ3) is 4.92. The van der Waals surface area contributed by atoms with Gasteiger partial charge < -0.3 is 15.1 Å². The first-order valence-electron chi connectivity index (χ1n) is 8.57. The Labute approximate surface area is 154 Å². The molecule has 1 N–H and O–H groups in total. The maximum atomic E-state index is 13.3. The van der Waals surface area contributed by atoms with Crippen LogP contribution in [0.3, 0.4) is 0 Å². The molecule has 138 valence electrons. The fourth-order valence-corrected chi connectivity index (χ4v) is 3.53. The zero-order valence-electron chi connectivity index (χ0n) is 14.4. The molecule has 1 aromatic carbocycles. The summed E-state index contributed by atoms with van der Waals surface area (Å²) in [6, 6.07) is 6.64. The van der Waals surface area contributed by atoms with Gasteiger partial charge in [-0.05, 0) is 44.0 Å². The number of carbonyl (C=O) groups excluding carboxylic acids is 2. The van der Waals surface area contributed by atoms with Crippen LogP contribution in [0.2, 0.25) is 0 Å². The molecular weight excluding hydrogens is 345 g/mol. The molecule has 2 fully saturated rings. The highest BCUT2D eigenvalue weighted by Gasteiger charge is 2.33. The van der Waals surface area contributed by atoms with Gasteiger partial charge in [0.25, 0.3) is 0 Å². The summed E-state index contributed by atoms with van der Waals surface area (Å²) in [5, 5.41) is 3.34. The molecule has 5 nitrogen and oxygen atoms in total. The molecular formula is C18H25ClFN3O2. The summed E-state index contributed by atoms with van der Waals surface area (Å²) >= 11 is 0. The molecule has 0 spiro atoms. The molecule has 0 saturated carbocycles. The molecule has 2 heterocycles. The summed E-state index contributed by atoms with van der Waals surface area (Å²) in [6.45, 7) is 4.52. The summed E-state index contributed by atoms with van der Waals surface area (Å²) in [5.41, 5.74) is 0.773. The first kappa shape index (κ1) is 19.7. The predicted molar refractivity (Wildman–Crippen MR) is 95.8 cm³/mol. The van der Waals surface area contributed by atoms with E-state index in [2.05, 4.69) is 12.2 Å². The molecule has 1 aromatic rings. The number of hydrogen-bond donors (Lipinski definition) is 1. The lowest BCUT2D eigenvalue weighted by molar-refractivity contribution is -0.148. The maximum Gasteiger partial charge on any atom is 0.242 e. The van der Waals surface area contributed by atoms with E-state index in [1.807, 2.05) is 6.07 Å². The summed E-state index contributed by atoms with van der Waals surface area (Å²) < 4.78 is 13.3. The summed E-state index contributed by atoms with van der Waals surface area (Å²) in [7, 11) is 0. The quantitative estimate of drug-likeness (QED) is 0.884. The number of benzene rings is 1. The summed E-state index contributed by atoms with van der Waals surface area (Å²) in [6.07, 6.45) is 1.66. The van der Waals surface area contributed by atoms with E-state index in [0.29, 0.717) is 25.7 Å². The highest BCUT2D eigenvalue weighted by molar-refractivity contribution is 5.87. The number of piperidine rings is 1.